The summed E-state index contributed by atoms with van der Waals surface area (Å²) in [5.41, 5.74) is 9.97. The Kier molecular flexibility index (Phi) is 6.60. The van der Waals surface area contributed by atoms with Crippen LogP contribution in [0, 0.1) is 27.7 Å². The minimum absolute atomic E-state index is 0.259. The van der Waals surface area contributed by atoms with Gasteiger partial charge < -0.3 is 4.74 Å². The van der Waals surface area contributed by atoms with Gasteiger partial charge in [-0.25, -0.2) is 0 Å². The van der Waals surface area contributed by atoms with Crippen molar-refractivity contribution in [1.29, 1.82) is 0 Å². The average molecular weight is 372 g/mol. The molecular weight excluding hydrogens is 344 g/mol. The lowest BCUT2D eigenvalue weighted by Gasteiger charge is -2.17. The van der Waals surface area contributed by atoms with Crippen LogP contribution in [0.2, 0.25) is 0 Å². The van der Waals surface area contributed by atoms with Crippen LogP contribution in [-0.4, -0.2) is 27.7 Å². The minimum Gasteiger partial charge on any atom is -0.481 e. The van der Waals surface area contributed by atoms with E-state index in [0.717, 1.165) is 28.1 Å². The Hall–Kier alpha value is -2.83. The first-order chi connectivity index (χ1) is 12.7. The van der Waals surface area contributed by atoms with Crippen LogP contribution >= 0.6 is 0 Å². The SMILES string of the molecule is Cc1cccc(OC(C)C(=O)NNC(=O)CCc2c(C)nn(C)c2C)c1C. The van der Waals surface area contributed by atoms with Gasteiger partial charge >= 0.3 is 0 Å². The standard InChI is InChI=1S/C20H28N4O3/c1-12-8-7-9-18(13(12)2)27-16(5)20(26)22-21-19(25)11-10-17-14(3)23-24(6)15(17)4/h7-9,16H,10-11H2,1-6H3,(H,21,25)(H,22,26). The van der Waals surface area contributed by atoms with E-state index in [0.29, 0.717) is 12.2 Å². The van der Waals surface area contributed by atoms with Crippen molar-refractivity contribution in [3.05, 3.63) is 46.3 Å². The fourth-order valence-electron chi connectivity index (χ4n) is 2.81. The molecule has 1 unspecified atom stereocenters. The van der Waals surface area contributed by atoms with Crippen molar-refractivity contribution < 1.29 is 14.3 Å². The molecule has 0 saturated carbocycles. The number of carbonyl (C=O) groups is 2. The number of benzene rings is 1. The molecule has 146 valence electrons. The minimum atomic E-state index is -0.728. The van der Waals surface area contributed by atoms with E-state index in [1.165, 1.54) is 0 Å². The largest absolute Gasteiger partial charge is 0.481 e. The Morgan fingerprint density at radius 2 is 1.89 bits per heavy atom. The van der Waals surface area contributed by atoms with Crippen LogP contribution in [0.15, 0.2) is 18.2 Å². The van der Waals surface area contributed by atoms with Crippen molar-refractivity contribution in [2.45, 2.75) is 53.6 Å². The van der Waals surface area contributed by atoms with Gasteiger partial charge in [-0.3, -0.25) is 25.1 Å². The molecule has 1 aromatic heterocycles. The molecule has 2 N–H and O–H groups in total. The summed E-state index contributed by atoms with van der Waals surface area (Å²) in [6, 6.07) is 5.69. The van der Waals surface area contributed by atoms with Crippen LogP contribution in [0.25, 0.3) is 0 Å². The maximum atomic E-state index is 12.2. The molecule has 1 aromatic carbocycles. The molecule has 2 aromatic rings. The number of nitrogens with zero attached hydrogens (tertiary/aromatic N) is 2. The van der Waals surface area contributed by atoms with E-state index in [4.69, 9.17) is 4.74 Å². The first kappa shape index (κ1) is 20.5. The monoisotopic (exact) mass is 372 g/mol. The van der Waals surface area contributed by atoms with Crippen LogP contribution in [0.1, 0.15) is 41.4 Å². The second-order valence-electron chi connectivity index (χ2n) is 6.77. The zero-order chi connectivity index (χ0) is 20.1. The van der Waals surface area contributed by atoms with Crippen LogP contribution in [0.3, 0.4) is 0 Å². The van der Waals surface area contributed by atoms with Gasteiger partial charge in [-0.15, -0.1) is 0 Å². The van der Waals surface area contributed by atoms with Crippen LogP contribution < -0.4 is 15.6 Å². The van der Waals surface area contributed by atoms with Gasteiger partial charge in [0.1, 0.15) is 5.75 Å². The molecule has 0 aliphatic heterocycles. The second-order valence-corrected chi connectivity index (χ2v) is 6.77. The summed E-state index contributed by atoms with van der Waals surface area (Å²) in [6.45, 7) is 9.47. The highest BCUT2D eigenvalue weighted by molar-refractivity contribution is 5.84. The predicted octanol–water partition coefficient (Wildman–Crippen LogP) is 2.20. The smallest absolute Gasteiger partial charge is 0.279 e. The van der Waals surface area contributed by atoms with E-state index in [1.807, 2.05) is 52.9 Å². The summed E-state index contributed by atoms with van der Waals surface area (Å²) < 4.78 is 7.51. The number of rotatable bonds is 6. The quantitative estimate of drug-likeness (QED) is 0.762. The van der Waals surface area contributed by atoms with Gasteiger partial charge in [0.15, 0.2) is 6.10 Å². The average Bonchev–Trinajstić information content (AvgIpc) is 2.86. The fourth-order valence-corrected chi connectivity index (χ4v) is 2.81. The molecule has 0 aliphatic rings. The zero-order valence-electron chi connectivity index (χ0n) is 16.8. The third kappa shape index (κ3) is 5.09. The van der Waals surface area contributed by atoms with Crippen LogP contribution in [-0.2, 0) is 23.1 Å². The predicted molar refractivity (Wildman–Crippen MR) is 103 cm³/mol. The molecule has 0 radical (unpaired) electrons. The molecule has 7 nitrogen and oxygen atoms in total. The molecule has 0 saturated heterocycles. The molecular formula is C20H28N4O3. The molecule has 0 fully saturated rings. The summed E-state index contributed by atoms with van der Waals surface area (Å²) in [6.07, 6.45) is 0.107. The lowest BCUT2D eigenvalue weighted by molar-refractivity contribution is -0.132. The third-order valence-electron chi connectivity index (χ3n) is 4.81. The molecule has 0 bridgehead atoms. The van der Waals surface area contributed by atoms with E-state index in [2.05, 4.69) is 16.0 Å². The van der Waals surface area contributed by atoms with Crippen LogP contribution in [0.5, 0.6) is 5.75 Å². The van der Waals surface area contributed by atoms with E-state index in [9.17, 15) is 9.59 Å². The number of hydrogen-bond acceptors (Lipinski definition) is 4. The number of nitrogens with one attached hydrogen (secondary N) is 2. The van der Waals surface area contributed by atoms with Crippen molar-refractivity contribution in [3.63, 3.8) is 0 Å². The number of hydrazine groups is 1. The molecule has 0 spiro atoms. The van der Waals surface area contributed by atoms with Gasteiger partial charge in [-0.1, -0.05) is 12.1 Å². The van der Waals surface area contributed by atoms with E-state index >= 15 is 0 Å². The number of hydrogen-bond donors (Lipinski definition) is 2. The summed E-state index contributed by atoms with van der Waals surface area (Å²) in [5.74, 6) is -0.00515. The number of ether oxygens (including phenoxy) is 1. The zero-order valence-corrected chi connectivity index (χ0v) is 16.8. The third-order valence-corrected chi connectivity index (χ3v) is 4.81. The van der Waals surface area contributed by atoms with Gasteiger partial charge in [-0.05, 0) is 63.8 Å². The van der Waals surface area contributed by atoms with E-state index in [1.54, 1.807) is 11.6 Å². The Morgan fingerprint density at radius 3 is 2.52 bits per heavy atom. The van der Waals surface area contributed by atoms with Gasteiger partial charge in [-0.2, -0.15) is 5.10 Å². The molecule has 2 amide bonds. The first-order valence-corrected chi connectivity index (χ1v) is 9.01. The Labute approximate surface area is 160 Å². The summed E-state index contributed by atoms with van der Waals surface area (Å²) in [7, 11) is 1.88. The first-order valence-electron chi connectivity index (χ1n) is 9.01. The van der Waals surface area contributed by atoms with Gasteiger partial charge in [0.2, 0.25) is 5.91 Å². The summed E-state index contributed by atoms with van der Waals surface area (Å²) >= 11 is 0. The fraction of sp³-hybridized carbons (Fsp3) is 0.450. The molecule has 1 atom stereocenters. The van der Waals surface area contributed by atoms with Crippen molar-refractivity contribution >= 4 is 11.8 Å². The van der Waals surface area contributed by atoms with E-state index < -0.39 is 12.0 Å². The van der Waals surface area contributed by atoms with Gasteiger partial charge in [0, 0.05) is 19.2 Å². The van der Waals surface area contributed by atoms with Crippen LogP contribution in [0.4, 0.5) is 0 Å². The molecule has 27 heavy (non-hydrogen) atoms. The normalized spacial score (nSPS) is 11.8. The second kappa shape index (κ2) is 8.70. The number of carbonyl (C=O) groups excluding carboxylic acids is 2. The Balaban J connectivity index is 1.82. The number of aryl methyl sites for hydroxylation is 3. The van der Waals surface area contributed by atoms with Crippen molar-refractivity contribution in [1.82, 2.24) is 20.6 Å². The lowest BCUT2D eigenvalue weighted by Crippen LogP contribution is -2.47. The number of amides is 2. The highest BCUT2D eigenvalue weighted by Gasteiger charge is 2.17. The van der Waals surface area contributed by atoms with E-state index in [-0.39, 0.29) is 12.3 Å². The molecule has 0 aliphatic carbocycles. The van der Waals surface area contributed by atoms with Gasteiger partial charge in [0.05, 0.1) is 5.69 Å². The Bertz CT molecular complexity index is 842. The maximum Gasteiger partial charge on any atom is 0.279 e. The van der Waals surface area contributed by atoms with Gasteiger partial charge in [0.25, 0.3) is 5.91 Å². The number of aromatic nitrogens is 2. The lowest BCUT2D eigenvalue weighted by atomic mass is 10.1. The van der Waals surface area contributed by atoms with Crippen molar-refractivity contribution in [2.24, 2.45) is 7.05 Å². The van der Waals surface area contributed by atoms with Crippen molar-refractivity contribution in [3.8, 4) is 5.75 Å². The summed E-state index contributed by atoms with van der Waals surface area (Å²) in [5, 5.41) is 4.34. The highest BCUT2D eigenvalue weighted by Crippen LogP contribution is 2.21. The summed E-state index contributed by atoms with van der Waals surface area (Å²) in [4.78, 5) is 24.2. The molecule has 2 rings (SSSR count). The van der Waals surface area contributed by atoms with Crippen molar-refractivity contribution in [2.75, 3.05) is 0 Å². The Morgan fingerprint density at radius 1 is 1.19 bits per heavy atom. The highest BCUT2D eigenvalue weighted by atomic mass is 16.5. The maximum absolute atomic E-state index is 12.2. The topological polar surface area (TPSA) is 85.2 Å². The molecule has 7 heteroatoms. The molecule has 1 heterocycles.